The van der Waals surface area contributed by atoms with E-state index in [1.807, 2.05) is 6.92 Å². The Kier molecular flexibility index (Phi) is 5.36. The van der Waals surface area contributed by atoms with Crippen LogP contribution in [0.4, 0.5) is 5.69 Å². The van der Waals surface area contributed by atoms with Crippen LogP contribution in [0.15, 0.2) is 42.5 Å². The lowest BCUT2D eigenvalue weighted by Gasteiger charge is -2.24. The van der Waals surface area contributed by atoms with E-state index in [9.17, 15) is 14.4 Å². The second-order valence-corrected chi connectivity index (χ2v) is 9.14. The molecule has 0 radical (unpaired) electrons. The monoisotopic (exact) mass is 393 g/mol. The summed E-state index contributed by atoms with van der Waals surface area (Å²) < 4.78 is 0. The van der Waals surface area contributed by atoms with Gasteiger partial charge in [0.25, 0.3) is 0 Å². The Morgan fingerprint density at radius 2 is 1.54 bits per heavy atom. The van der Waals surface area contributed by atoms with Gasteiger partial charge in [-0.3, -0.25) is 14.4 Å². The van der Waals surface area contributed by atoms with Crippen molar-refractivity contribution in [1.29, 1.82) is 0 Å². The van der Waals surface area contributed by atoms with Crippen LogP contribution in [-0.2, 0) is 4.79 Å². The summed E-state index contributed by atoms with van der Waals surface area (Å²) in [4.78, 5) is 38.1. The van der Waals surface area contributed by atoms with E-state index < -0.39 is 0 Å². The van der Waals surface area contributed by atoms with E-state index in [0.717, 1.165) is 0 Å². The molecule has 0 bridgehead atoms. The van der Waals surface area contributed by atoms with Gasteiger partial charge in [-0.25, -0.2) is 0 Å². The standard InChI is InChI=1S/C23H23NO3S/c1-14(28-16-7-3-2-4-8-16)23(27)24-15-11-12-19-20(13-15)22(26)18-10-6-5-9-17(18)21(19)25/h5-6,9-14,16H,2-4,7-8H2,1H3,(H,24,27). The third kappa shape index (κ3) is 3.63. The lowest BCUT2D eigenvalue weighted by Crippen LogP contribution is -2.26. The predicted octanol–water partition coefficient (Wildman–Crippen LogP) is 4.85. The van der Waals surface area contributed by atoms with E-state index in [0.29, 0.717) is 33.2 Å². The van der Waals surface area contributed by atoms with Crippen molar-refractivity contribution in [2.24, 2.45) is 0 Å². The molecule has 1 amide bonds. The summed E-state index contributed by atoms with van der Waals surface area (Å²) in [7, 11) is 0. The number of anilines is 1. The number of benzene rings is 2. The molecule has 2 aliphatic carbocycles. The summed E-state index contributed by atoms with van der Waals surface area (Å²) in [6.45, 7) is 1.93. The van der Waals surface area contributed by atoms with E-state index in [-0.39, 0.29) is 22.7 Å². The molecule has 0 aromatic heterocycles. The van der Waals surface area contributed by atoms with Gasteiger partial charge in [-0.15, -0.1) is 11.8 Å². The minimum atomic E-state index is -0.175. The number of carbonyl (C=O) groups excluding carboxylic acids is 3. The molecule has 0 saturated heterocycles. The van der Waals surface area contributed by atoms with Crippen LogP contribution in [0.5, 0.6) is 0 Å². The summed E-state index contributed by atoms with van der Waals surface area (Å²) in [5, 5.41) is 3.31. The number of rotatable bonds is 4. The average Bonchev–Trinajstić information content (AvgIpc) is 2.72. The number of fused-ring (bicyclic) bond motifs is 2. The molecule has 28 heavy (non-hydrogen) atoms. The molecule has 0 spiro atoms. The summed E-state index contributed by atoms with van der Waals surface area (Å²) in [6, 6.07) is 11.8. The number of nitrogens with one attached hydrogen (secondary N) is 1. The molecule has 5 heteroatoms. The van der Waals surface area contributed by atoms with Gasteiger partial charge >= 0.3 is 0 Å². The van der Waals surface area contributed by atoms with Crippen molar-refractivity contribution in [2.45, 2.75) is 49.5 Å². The second kappa shape index (κ2) is 7.92. The maximum Gasteiger partial charge on any atom is 0.237 e. The Bertz CT molecular complexity index is 947. The number of carbonyl (C=O) groups is 3. The van der Waals surface area contributed by atoms with Crippen LogP contribution in [0.25, 0.3) is 0 Å². The fourth-order valence-electron chi connectivity index (χ4n) is 3.97. The highest BCUT2D eigenvalue weighted by atomic mass is 32.2. The Morgan fingerprint density at radius 1 is 0.929 bits per heavy atom. The Hall–Kier alpha value is -2.40. The zero-order chi connectivity index (χ0) is 19.7. The summed E-state index contributed by atoms with van der Waals surface area (Å²) >= 11 is 1.74. The molecule has 1 atom stereocenters. The van der Waals surface area contributed by atoms with E-state index in [4.69, 9.17) is 0 Å². The Balaban J connectivity index is 1.50. The van der Waals surface area contributed by atoms with Gasteiger partial charge in [-0.1, -0.05) is 43.5 Å². The predicted molar refractivity (Wildman–Crippen MR) is 112 cm³/mol. The van der Waals surface area contributed by atoms with Gasteiger partial charge in [0.2, 0.25) is 5.91 Å². The first-order valence-electron chi connectivity index (χ1n) is 9.83. The van der Waals surface area contributed by atoms with Crippen molar-refractivity contribution >= 4 is 34.9 Å². The Labute approximate surface area is 169 Å². The maximum absolute atomic E-state index is 12.8. The lowest BCUT2D eigenvalue weighted by molar-refractivity contribution is -0.115. The average molecular weight is 394 g/mol. The molecule has 1 fully saturated rings. The van der Waals surface area contributed by atoms with Crippen LogP contribution in [0.1, 0.15) is 70.9 Å². The SMILES string of the molecule is CC(SC1CCCCC1)C(=O)Nc1ccc2c(c1)C(=O)c1ccccc1C2=O. The van der Waals surface area contributed by atoms with Gasteiger partial charge in [0.1, 0.15) is 0 Å². The van der Waals surface area contributed by atoms with Gasteiger partial charge < -0.3 is 5.32 Å². The topological polar surface area (TPSA) is 63.2 Å². The molecule has 2 aromatic rings. The molecule has 1 N–H and O–H groups in total. The second-order valence-electron chi connectivity index (χ2n) is 7.49. The largest absolute Gasteiger partial charge is 0.325 e. The van der Waals surface area contributed by atoms with Crippen LogP contribution in [0, 0.1) is 0 Å². The van der Waals surface area contributed by atoms with Crippen molar-refractivity contribution in [3.8, 4) is 0 Å². The van der Waals surface area contributed by atoms with Crippen LogP contribution in [0.3, 0.4) is 0 Å². The van der Waals surface area contributed by atoms with Crippen LogP contribution in [0.2, 0.25) is 0 Å². The quantitative estimate of drug-likeness (QED) is 0.688. The normalized spacial score (nSPS) is 17.6. The smallest absolute Gasteiger partial charge is 0.237 e. The van der Waals surface area contributed by atoms with Crippen molar-refractivity contribution < 1.29 is 14.4 Å². The van der Waals surface area contributed by atoms with E-state index >= 15 is 0 Å². The lowest BCUT2D eigenvalue weighted by atomic mass is 9.84. The molecular formula is C23H23NO3S. The van der Waals surface area contributed by atoms with Crippen LogP contribution < -0.4 is 5.32 Å². The van der Waals surface area contributed by atoms with Gasteiger partial charge in [0.05, 0.1) is 5.25 Å². The van der Waals surface area contributed by atoms with E-state index in [2.05, 4.69) is 5.32 Å². The molecule has 1 saturated carbocycles. The molecule has 144 valence electrons. The third-order valence-electron chi connectivity index (χ3n) is 5.51. The van der Waals surface area contributed by atoms with Crippen LogP contribution in [-0.4, -0.2) is 28.0 Å². The van der Waals surface area contributed by atoms with Crippen LogP contribution >= 0.6 is 11.8 Å². The highest BCUT2D eigenvalue weighted by Gasteiger charge is 2.29. The molecule has 0 heterocycles. The molecule has 4 nitrogen and oxygen atoms in total. The van der Waals surface area contributed by atoms with E-state index in [1.165, 1.54) is 32.1 Å². The molecule has 1 unspecified atom stereocenters. The molecule has 0 aliphatic heterocycles. The van der Waals surface area contributed by atoms with Crippen molar-refractivity contribution in [3.63, 3.8) is 0 Å². The van der Waals surface area contributed by atoms with Gasteiger partial charge in [-0.2, -0.15) is 0 Å². The number of hydrogen-bond acceptors (Lipinski definition) is 4. The minimum absolute atomic E-state index is 0.0643. The third-order valence-corrected chi connectivity index (χ3v) is 6.99. The molecule has 2 aliphatic rings. The minimum Gasteiger partial charge on any atom is -0.325 e. The fraction of sp³-hybridized carbons (Fsp3) is 0.348. The number of ketones is 2. The maximum atomic E-state index is 12.8. The highest BCUT2D eigenvalue weighted by Crippen LogP contribution is 2.32. The zero-order valence-electron chi connectivity index (χ0n) is 15.9. The van der Waals surface area contributed by atoms with Gasteiger partial charge in [-0.05, 0) is 38.0 Å². The number of amides is 1. The van der Waals surface area contributed by atoms with Gasteiger partial charge in [0, 0.05) is 33.2 Å². The molecule has 2 aromatic carbocycles. The van der Waals surface area contributed by atoms with Crippen molar-refractivity contribution in [2.75, 3.05) is 5.32 Å². The zero-order valence-corrected chi connectivity index (χ0v) is 16.7. The summed E-state index contributed by atoms with van der Waals surface area (Å²) in [6.07, 6.45) is 6.14. The first-order chi connectivity index (χ1) is 13.5. The Morgan fingerprint density at radius 3 is 2.21 bits per heavy atom. The van der Waals surface area contributed by atoms with Crippen molar-refractivity contribution in [3.05, 3.63) is 64.7 Å². The number of thioether (sulfide) groups is 1. The molecule has 4 rings (SSSR count). The number of hydrogen-bond donors (Lipinski definition) is 1. The van der Waals surface area contributed by atoms with Gasteiger partial charge in [0.15, 0.2) is 11.6 Å². The first-order valence-corrected chi connectivity index (χ1v) is 10.8. The van der Waals surface area contributed by atoms with E-state index in [1.54, 1.807) is 54.2 Å². The highest BCUT2D eigenvalue weighted by molar-refractivity contribution is 8.01. The molecular weight excluding hydrogens is 370 g/mol. The fourth-order valence-corrected chi connectivity index (χ4v) is 5.34. The summed E-state index contributed by atoms with van der Waals surface area (Å²) in [5.74, 6) is -0.388. The summed E-state index contributed by atoms with van der Waals surface area (Å²) in [5.41, 5.74) is 2.17. The van der Waals surface area contributed by atoms with Crippen molar-refractivity contribution in [1.82, 2.24) is 0 Å². The first kappa shape index (κ1) is 18.9.